The number of rotatable bonds is 9. The predicted octanol–water partition coefficient (Wildman–Crippen LogP) is 5.77. The average Bonchev–Trinajstić information content (AvgIpc) is 2.45. The molecule has 0 atom stereocenters. The van der Waals surface area contributed by atoms with Crippen LogP contribution in [-0.2, 0) is 0 Å². The Bertz CT molecular complexity index is 362. The molecule has 3 heteroatoms. The predicted molar refractivity (Wildman–Crippen MR) is 89.8 cm³/mol. The van der Waals surface area contributed by atoms with Crippen molar-refractivity contribution in [1.82, 2.24) is 0 Å². The summed E-state index contributed by atoms with van der Waals surface area (Å²) < 4.78 is 6.14. The van der Waals surface area contributed by atoms with E-state index in [0.717, 1.165) is 17.7 Å². The zero-order chi connectivity index (χ0) is 14.1. The largest absolute Gasteiger partial charge is 0.492 e. The van der Waals surface area contributed by atoms with Gasteiger partial charge in [-0.05, 0) is 31.2 Å². The van der Waals surface area contributed by atoms with Gasteiger partial charge in [0.1, 0.15) is 5.75 Å². The van der Waals surface area contributed by atoms with Crippen molar-refractivity contribution in [1.29, 1.82) is 0 Å². The molecule has 0 N–H and O–H groups in total. The van der Waals surface area contributed by atoms with E-state index in [0.29, 0.717) is 0 Å². The fourth-order valence-electron chi connectivity index (χ4n) is 2.47. The van der Waals surface area contributed by atoms with Crippen LogP contribution in [0.3, 0.4) is 0 Å². The highest BCUT2D eigenvalue weighted by atomic mass is 79.9. The second-order valence-corrected chi connectivity index (χ2v) is 6.48. The molecule has 19 heavy (non-hydrogen) atoms. The third kappa shape index (κ3) is 5.03. The molecule has 0 unspecified atom stereocenters. The molecule has 0 aromatic heterocycles. The molecule has 1 nitrogen and oxygen atoms in total. The molecular weight excluding hydrogens is 320 g/mol. The van der Waals surface area contributed by atoms with E-state index < -0.39 is 0 Å². The van der Waals surface area contributed by atoms with Gasteiger partial charge >= 0.3 is 0 Å². The van der Waals surface area contributed by atoms with Gasteiger partial charge in [-0.3, -0.25) is 0 Å². The first kappa shape index (κ1) is 16.9. The molecular formula is C16H25BrOS. The fourth-order valence-corrected chi connectivity index (χ4v) is 3.74. The van der Waals surface area contributed by atoms with E-state index in [4.69, 9.17) is 4.74 Å². The molecule has 0 spiro atoms. The molecule has 0 saturated heterocycles. The SMILES string of the molecule is CCCC(CBr)(CCC)COc1ccccc1SC. The fraction of sp³-hybridized carbons (Fsp3) is 0.625. The summed E-state index contributed by atoms with van der Waals surface area (Å²) >= 11 is 5.44. The van der Waals surface area contributed by atoms with E-state index in [2.05, 4.69) is 54.2 Å². The van der Waals surface area contributed by atoms with Gasteiger partial charge in [-0.25, -0.2) is 0 Å². The summed E-state index contributed by atoms with van der Waals surface area (Å²) in [6.07, 6.45) is 6.94. The lowest BCUT2D eigenvalue weighted by atomic mass is 9.82. The Kier molecular flexibility index (Phi) is 7.93. The zero-order valence-electron chi connectivity index (χ0n) is 12.2. The van der Waals surface area contributed by atoms with Gasteiger partial charge in [-0.15, -0.1) is 11.8 Å². The van der Waals surface area contributed by atoms with Gasteiger partial charge in [0, 0.05) is 15.6 Å². The van der Waals surface area contributed by atoms with Crippen LogP contribution >= 0.6 is 27.7 Å². The smallest absolute Gasteiger partial charge is 0.132 e. The number of ether oxygens (including phenoxy) is 1. The van der Waals surface area contributed by atoms with Gasteiger partial charge in [0.2, 0.25) is 0 Å². The standard InChI is InChI=1S/C16H25BrOS/c1-4-10-16(12-17,11-5-2)13-18-14-8-6-7-9-15(14)19-3/h6-9H,4-5,10-13H2,1-3H3. The normalized spacial score (nSPS) is 11.6. The zero-order valence-corrected chi connectivity index (χ0v) is 14.6. The first-order valence-electron chi connectivity index (χ1n) is 7.03. The topological polar surface area (TPSA) is 9.23 Å². The van der Waals surface area contributed by atoms with Crippen LogP contribution < -0.4 is 4.74 Å². The highest BCUT2D eigenvalue weighted by molar-refractivity contribution is 9.09. The lowest BCUT2D eigenvalue weighted by Gasteiger charge is -2.31. The summed E-state index contributed by atoms with van der Waals surface area (Å²) in [5, 5.41) is 1.02. The van der Waals surface area contributed by atoms with Crippen LogP contribution in [0.2, 0.25) is 0 Å². The Morgan fingerprint density at radius 1 is 1.16 bits per heavy atom. The van der Waals surface area contributed by atoms with Crippen molar-refractivity contribution in [3.8, 4) is 5.75 Å². The minimum Gasteiger partial charge on any atom is -0.492 e. The summed E-state index contributed by atoms with van der Waals surface area (Å²) in [5.74, 6) is 1.02. The van der Waals surface area contributed by atoms with Crippen molar-refractivity contribution in [2.45, 2.75) is 44.4 Å². The van der Waals surface area contributed by atoms with E-state index in [-0.39, 0.29) is 5.41 Å². The summed E-state index contributed by atoms with van der Waals surface area (Å²) in [5.41, 5.74) is 0.273. The first-order valence-corrected chi connectivity index (χ1v) is 9.37. The molecule has 0 amide bonds. The van der Waals surface area contributed by atoms with Crippen molar-refractivity contribution < 1.29 is 4.74 Å². The van der Waals surface area contributed by atoms with Gasteiger partial charge in [-0.2, -0.15) is 0 Å². The number of hydrogen-bond donors (Lipinski definition) is 0. The molecule has 108 valence electrons. The highest BCUT2D eigenvalue weighted by Gasteiger charge is 2.28. The van der Waals surface area contributed by atoms with Gasteiger partial charge < -0.3 is 4.74 Å². The Balaban J connectivity index is 2.74. The third-order valence-electron chi connectivity index (χ3n) is 3.45. The minimum atomic E-state index is 0.273. The summed E-state index contributed by atoms with van der Waals surface area (Å²) in [4.78, 5) is 1.22. The Hall–Kier alpha value is -0.150. The first-order chi connectivity index (χ1) is 9.21. The van der Waals surface area contributed by atoms with Crippen LogP contribution in [0, 0.1) is 5.41 Å². The van der Waals surface area contributed by atoms with Crippen molar-refractivity contribution in [2.24, 2.45) is 5.41 Å². The molecule has 0 saturated carbocycles. The summed E-state index contributed by atoms with van der Waals surface area (Å²) in [7, 11) is 0. The van der Waals surface area contributed by atoms with Crippen LogP contribution in [0.5, 0.6) is 5.75 Å². The van der Waals surface area contributed by atoms with E-state index in [1.165, 1.54) is 30.6 Å². The van der Waals surface area contributed by atoms with Gasteiger partial charge in [0.15, 0.2) is 0 Å². The quantitative estimate of drug-likeness (QED) is 0.415. The molecule has 0 fully saturated rings. The number of para-hydroxylation sites is 1. The number of hydrogen-bond acceptors (Lipinski definition) is 2. The van der Waals surface area contributed by atoms with Gasteiger partial charge in [-0.1, -0.05) is 54.8 Å². The number of thioether (sulfide) groups is 1. The molecule has 0 radical (unpaired) electrons. The third-order valence-corrected chi connectivity index (χ3v) is 5.41. The minimum absolute atomic E-state index is 0.273. The average molecular weight is 345 g/mol. The van der Waals surface area contributed by atoms with Crippen molar-refractivity contribution >= 4 is 27.7 Å². The van der Waals surface area contributed by atoms with Crippen LogP contribution in [0.25, 0.3) is 0 Å². The monoisotopic (exact) mass is 344 g/mol. The maximum atomic E-state index is 6.14. The number of alkyl halides is 1. The number of benzene rings is 1. The van der Waals surface area contributed by atoms with Crippen molar-refractivity contribution in [3.05, 3.63) is 24.3 Å². The molecule has 0 heterocycles. The van der Waals surface area contributed by atoms with Gasteiger partial charge in [0.05, 0.1) is 6.61 Å². The van der Waals surface area contributed by atoms with Crippen LogP contribution in [0.1, 0.15) is 39.5 Å². The lowest BCUT2D eigenvalue weighted by Crippen LogP contribution is -2.30. The molecule has 1 aromatic carbocycles. The van der Waals surface area contributed by atoms with Crippen LogP contribution in [-0.4, -0.2) is 18.2 Å². The second kappa shape index (κ2) is 8.91. The molecule has 1 rings (SSSR count). The highest BCUT2D eigenvalue weighted by Crippen LogP contribution is 2.35. The molecule has 0 bridgehead atoms. The molecule has 0 aliphatic rings. The van der Waals surface area contributed by atoms with Crippen molar-refractivity contribution in [2.75, 3.05) is 18.2 Å². The maximum Gasteiger partial charge on any atom is 0.132 e. The Labute approximate surface area is 130 Å². The van der Waals surface area contributed by atoms with Gasteiger partial charge in [0.25, 0.3) is 0 Å². The van der Waals surface area contributed by atoms with Crippen molar-refractivity contribution in [3.63, 3.8) is 0 Å². The number of halogens is 1. The maximum absolute atomic E-state index is 6.14. The summed E-state index contributed by atoms with van der Waals surface area (Å²) in [6, 6.07) is 8.30. The lowest BCUT2D eigenvalue weighted by molar-refractivity contribution is 0.142. The molecule has 0 aliphatic carbocycles. The summed E-state index contributed by atoms with van der Waals surface area (Å²) in [6.45, 7) is 5.31. The second-order valence-electron chi connectivity index (χ2n) is 5.07. The van der Waals surface area contributed by atoms with Crippen LogP contribution in [0.15, 0.2) is 29.2 Å². The Morgan fingerprint density at radius 2 is 1.79 bits per heavy atom. The van der Waals surface area contributed by atoms with E-state index in [1.54, 1.807) is 11.8 Å². The molecule has 0 aliphatic heterocycles. The van der Waals surface area contributed by atoms with E-state index in [9.17, 15) is 0 Å². The van der Waals surface area contributed by atoms with E-state index >= 15 is 0 Å². The van der Waals surface area contributed by atoms with Crippen LogP contribution in [0.4, 0.5) is 0 Å². The van der Waals surface area contributed by atoms with E-state index in [1.807, 2.05) is 6.07 Å². The molecule has 1 aromatic rings. The Morgan fingerprint density at radius 3 is 2.32 bits per heavy atom.